The van der Waals surface area contributed by atoms with E-state index in [0.29, 0.717) is 48.3 Å². The van der Waals surface area contributed by atoms with Crippen LogP contribution in [0.2, 0.25) is 0 Å². The van der Waals surface area contributed by atoms with Crippen molar-refractivity contribution in [2.45, 2.75) is 19.3 Å². The fourth-order valence-electron chi connectivity index (χ4n) is 4.52. The van der Waals surface area contributed by atoms with Gasteiger partial charge in [-0.25, -0.2) is 0 Å². The summed E-state index contributed by atoms with van der Waals surface area (Å²) in [6.45, 7) is 4.32. The Hall–Kier alpha value is -2.92. The normalized spacial score (nSPS) is 16.1. The van der Waals surface area contributed by atoms with E-state index in [0.717, 1.165) is 42.5 Å². The summed E-state index contributed by atoms with van der Waals surface area (Å²) in [4.78, 5) is 30.4. The van der Waals surface area contributed by atoms with Gasteiger partial charge in [0.05, 0.1) is 17.6 Å². The number of nitro benzene ring substituents is 1. The highest BCUT2D eigenvalue weighted by molar-refractivity contribution is 9.10. The molecule has 2 fully saturated rings. The number of benzene rings is 2. The van der Waals surface area contributed by atoms with Crippen molar-refractivity contribution < 1.29 is 14.5 Å². The first kappa shape index (κ1) is 25.2. The third kappa shape index (κ3) is 5.84. The van der Waals surface area contributed by atoms with Crippen molar-refractivity contribution in [2.75, 3.05) is 56.2 Å². The molecule has 2 heterocycles. The Kier molecular flexibility index (Phi) is 8.07. The van der Waals surface area contributed by atoms with E-state index < -0.39 is 0 Å². The van der Waals surface area contributed by atoms with Gasteiger partial charge in [0.15, 0.2) is 5.11 Å². The summed E-state index contributed by atoms with van der Waals surface area (Å²) in [5.74, 6) is 0.151. The molecule has 2 aliphatic heterocycles. The van der Waals surface area contributed by atoms with Crippen LogP contribution in [0.5, 0.6) is 5.75 Å². The summed E-state index contributed by atoms with van der Waals surface area (Å²) in [6, 6.07) is 10.6. The van der Waals surface area contributed by atoms with E-state index in [2.05, 4.69) is 31.0 Å². The van der Waals surface area contributed by atoms with Crippen molar-refractivity contribution >= 4 is 56.2 Å². The number of rotatable bonds is 5. The lowest BCUT2D eigenvalue weighted by Gasteiger charge is -2.37. The van der Waals surface area contributed by atoms with Crippen molar-refractivity contribution in [2.24, 2.45) is 0 Å². The largest absolute Gasteiger partial charge is 0.496 e. The lowest BCUT2D eigenvalue weighted by molar-refractivity contribution is -0.384. The van der Waals surface area contributed by atoms with Crippen LogP contribution in [-0.2, 0) is 0 Å². The fourth-order valence-corrected chi connectivity index (χ4v) is 5.16. The van der Waals surface area contributed by atoms with Gasteiger partial charge in [-0.1, -0.05) is 15.9 Å². The van der Waals surface area contributed by atoms with E-state index in [9.17, 15) is 14.9 Å². The Morgan fingerprint density at radius 2 is 1.74 bits per heavy atom. The van der Waals surface area contributed by atoms with E-state index in [1.54, 1.807) is 18.2 Å². The van der Waals surface area contributed by atoms with Crippen LogP contribution < -0.4 is 19.9 Å². The number of nitro groups is 1. The molecule has 0 spiro atoms. The van der Waals surface area contributed by atoms with Crippen molar-refractivity contribution in [3.8, 4) is 5.75 Å². The fraction of sp³-hybridized carbons (Fsp3) is 0.417. The SMILES string of the molecule is COc1ccc(Br)cc1C(=O)NC(=S)N1CCN(c2ccc([N+](=O)[O-])c(N3CCCCC3)c2)CC1. The molecule has 0 aliphatic carbocycles. The number of halogens is 1. The molecule has 186 valence electrons. The smallest absolute Gasteiger partial charge is 0.292 e. The Morgan fingerprint density at radius 1 is 1.03 bits per heavy atom. The lowest BCUT2D eigenvalue weighted by Crippen LogP contribution is -2.52. The molecule has 11 heteroatoms. The second kappa shape index (κ2) is 11.2. The van der Waals surface area contributed by atoms with Crippen molar-refractivity contribution in [3.63, 3.8) is 0 Å². The third-order valence-electron chi connectivity index (χ3n) is 6.41. The second-order valence-corrected chi connectivity index (χ2v) is 9.86. The number of methoxy groups -OCH3 is 1. The molecule has 0 bridgehead atoms. The highest BCUT2D eigenvalue weighted by atomic mass is 79.9. The van der Waals surface area contributed by atoms with E-state index in [4.69, 9.17) is 17.0 Å². The zero-order valence-corrected chi connectivity index (χ0v) is 21.9. The van der Waals surface area contributed by atoms with Crippen LogP contribution in [0.3, 0.4) is 0 Å². The number of nitrogens with zero attached hydrogens (tertiary/aromatic N) is 4. The second-order valence-electron chi connectivity index (χ2n) is 8.56. The molecule has 0 atom stereocenters. The van der Waals surface area contributed by atoms with Crippen LogP contribution in [0.15, 0.2) is 40.9 Å². The Balaban J connectivity index is 1.40. The number of piperidine rings is 1. The van der Waals surface area contributed by atoms with Gasteiger partial charge in [0.2, 0.25) is 0 Å². The number of hydrogen-bond acceptors (Lipinski definition) is 7. The number of piperazine rings is 1. The number of nitrogens with one attached hydrogen (secondary N) is 1. The lowest BCUT2D eigenvalue weighted by atomic mass is 10.1. The van der Waals surface area contributed by atoms with Crippen LogP contribution in [0, 0.1) is 10.1 Å². The van der Waals surface area contributed by atoms with Crippen molar-refractivity contribution in [3.05, 3.63) is 56.5 Å². The molecule has 0 saturated carbocycles. The minimum Gasteiger partial charge on any atom is -0.496 e. The molecule has 2 saturated heterocycles. The van der Waals surface area contributed by atoms with Gasteiger partial charge < -0.3 is 19.4 Å². The maximum atomic E-state index is 12.8. The molecule has 2 aromatic rings. The monoisotopic (exact) mass is 561 g/mol. The molecular weight excluding hydrogens is 534 g/mol. The summed E-state index contributed by atoms with van der Waals surface area (Å²) in [5.41, 5.74) is 2.21. The maximum Gasteiger partial charge on any atom is 0.292 e. The number of thiocarbonyl (C=S) groups is 1. The summed E-state index contributed by atoms with van der Waals surface area (Å²) in [6.07, 6.45) is 3.26. The number of hydrogen-bond donors (Lipinski definition) is 1. The number of anilines is 2. The summed E-state index contributed by atoms with van der Waals surface area (Å²) < 4.78 is 6.07. The van der Waals surface area contributed by atoms with Gasteiger partial charge in [-0.3, -0.25) is 20.2 Å². The van der Waals surface area contributed by atoms with E-state index in [1.807, 2.05) is 23.1 Å². The number of ether oxygens (including phenoxy) is 1. The van der Waals surface area contributed by atoms with Crippen LogP contribution >= 0.6 is 28.1 Å². The molecule has 0 radical (unpaired) electrons. The third-order valence-corrected chi connectivity index (χ3v) is 7.26. The number of carbonyl (C=O) groups is 1. The molecular formula is C24H28BrN5O4S. The van der Waals surface area contributed by atoms with Gasteiger partial charge in [0.1, 0.15) is 11.4 Å². The summed E-state index contributed by atoms with van der Waals surface area (Å²) >= 11 is 8.89. The Morgan fingerprint density at radius 3 is 2.40 bits per heavy atom. The summed E-state index contributed by atoms with van der Waals surface area (Å²) in [5, 5.41) is 14.8. The zero-order valence-electron chi connectivity index (χ0n) is 19.5. The van der Waals surface area contributed by atoms with Gasteiger partial charge in [-0.05, 0) is 61.8 Å². The topological polar surface area (TPSA) is 91.2 Å². The van der Waals surface area contributed by atoms with Gasteiger partial charge in [0, 0.05) is 55.5 Å². The molecule has 4 rings (SSSR count). The predicted molar refractivity (Wildman–Crippen MR) is 144 cm³/mol. The first-order valence-corrected chi connectivity index (χ1v) is 12.8. The zero-order chi connectivity index (χ0) is 24.9. The van der Waals surface area contributed by atoms with Crippen molar-refractivity contribution in [1.82, 2.24) is 10.2 Å². The first-order chi connectivity index (χ1) is 16.9. The Labute approximate surface area is 218 Å². The summed E-state index contributed by atoms with van der Waals surface area (Å²) in [7, 11) is 1.52. The number of amides is 1. The van der Waals surface area contributed by atoms with E-state index >= 15 is 0 Å². The number of carbonyl (C=O) groups excluding carboxylic acids is 1. The van der Waals surface area contributed by atoms with Gasteiger partial charge >= 0.3 is 0 Å². The van der Waals surface area contributed by atoms with Gasteiger partial charge in [0.25, 0.3) is 11.6 Å². The standard InChI is InChI=1S/C24H28BrN5O4S/c1-34-22-8-5-17(25)15-19(22)23(31)26-24(35)29-13-11-27(12-14-29)18-6-7-20(30(32)33)21(16-18)28-9-3-2-4-10-28/h5-8,15-16H,2-4,9-14H2,1H3,(H,26,31,35). The average molecular weight is 562 g/mol. The van der Waals surface area contributed by atoms with Gasteiger partial charge in [-0.2, -0.15) is 0 Å². The van der Waals surface area contributed by atoms with Crippen LogP contribution in [0.4, 0.5) is 17.1 Å². The Bertz CT molecular complexity index is 1120. The van der Waals surface area contributed by atoms with Crippen molar-refractivity contribution in [1.29, 1.82) is 0 Å². The molecule has 2 aliphatic rings. The van der Waals surface area contributed by atoms with Crippen LogP contribution in [0.25, 0.3) is 0 Å². The predicted octanol–water partition coefficient (Wildman–Crippen LogP) is 4.19. The molecule has 35 heavy (non-hydrogen) atoms. The van der Waals surface area contributed by atoms with E-state index in [-0.39, 0.29) is 16.5 Å². The first-order valence-electron chi connectivity index (χ1n) is 11.6. The highest BCUT2D eigenvalue weighted by Crippen LogP contribution is 2.34. The molecule has 2 aromatic carbocycles. The average Bonchev–Trinajstić information content (AvgIpc) is 2.88. The molecule has 0 unspecified atom stereocenters. The highest BCUT2D eigenvalue weighted by Gasteiger charge is 2.26. The van der Waals surface area contributed by atoms with Crippen LogP contribution in [0.1, 0.15) is 29.6 Å². The molecule has 9 nitrogen and oxygen atoms in total. The van der Waals surface area contributed by atoms with Crippen LogP contribution in [-0.4, -0.2) is 67.2 Å². The maximum absolute atomic E-state index is 12.8. The van der Waals surface area contributed by atoms with E-state index in [1.165, 1.54) is 7.11 Å². The molecule has 0 aromatic heterocycles. The minimum absolute atomic E-state index is 0.154. The molecule has 1 N–H and O–H groups in total. The quantitative estimate of drug-likeness (QED) is 0.330. The molecule has 1 amide bonds. The minimum atomic E-state index is -0.322. The van der Waals surface area contributed by atoms with Gasteiger partial charge in [-0.15, -0.1) is 0 Å².